The first-order chi connectivity index (χ1) is 28.6. The Balaban J connectivity index is 1.03. The van der Waals surface area contributed by atoms with Gasteiger partial charge in [0.1, 0.15) is 0 Å². The Bertz CT molecular complexity index is 2810. The molecule has 58 heavy (non-hydrogen) atoms. The number of para-hydroxylation sites is 2. The number of fused-ring (bicyclic) bond motifs is 3. The molecule has 0 aliphatic heterocycles. The van der Waals surface area contributed by atoms with Gasteiger partial charge in [-0.25, -0.2) is 0 Å². The Morgan fingerprint density at radius 1 is 0.241 bits per heavy atom. The molecule has 2 nitrogen and oxygen atoms in total. The van der Waals surface area contributed by atoms with Gasteiger partial charge in [0, 0.05) is 36.8 Å². The van der Waals surface area contributed by atoms with Gasteiger partial charge in [-0.1, -0.05) is 158 Å². The van der Waals surface area contributed by atoms with Crippen LogP contribution < -0.4 is 9.80 Å². The molecule has 0 fully saturated rings. The number of benzene rings is 10. The molecule has 0 N–H and O–H groups in total. The van der Waals surface area contributed by atoms with Crippen molar-refractivity contribution in [2.45, 2.75) is 0 Å². The lowest BCUT2D eigenvalue weighted by molar-refractivity contribution is 1.21. The zero-order chi connectivity index (χ0) is 39.0. The summed E-state index contributed by atoms with van der Waals surface area (Å²) in [6.07, 6.45) is 0. The monoisotopic (exact) mass is 742 g/mol. The molecule has 0 amide bonds. The third-order valence-corrected chi connectivity index (χ3v) is 11.7. The number of hydrogen-bond acceptors (Lipinski definition) is 2. The number of anilines is 4. The fourth-order valence-electron chi connectivity index (χ4n) is 8.50. The van der Waals surface area contributed by atoms with Crippen molar-refractivity contribution >= 4 is 55.1 Å². The van der Waals surface area contributed by atoms with E-state index in [2.05, 4.69) is 242 Å². The minimum atomic E-state index is 1.16. The maximum atomic E-state index is 2.40. The zero-order valence-electron chi connectivity index (χ0n) is 32.7. The summed E-state index contributed by atoms with van der Waals surface area (Å²) in [7, 11) is 4.23. The van der Waals surface area contributed by atoms with Crippen LogP contribution in [0.5, 0.6) is 0 Å². The second-order valence-corrected chi connectivity index (χ2v) is 15.1. The van der Waals surface area contributed by atoms with E-state index < -0.39 is 0 Å². The molecule has 0 heterocycles. The minimum Gasteiger partial charge on any atom is -0.345 e. The highest BCUT2D eigenvalue weighted by Gasteiger charge is 2.18. The van der Waals surface area contributed by atoms with Crippen molar-refractivity contribution in [3.63, 3.8) is 0 Å². The largest absolute Gasteiger partial charge is 0.345 e. The molecule has 0 saturated heterocycles. The smallest absolute Gasteiger partial charge is 0.0408 e. The number of hydrogen-bond donors (Lipinski definition) is 0. The molecular weight excluding hydrogens is 701 g/mol. The Labute approximate surface area is 340 Å². The average molecular weight is 743 g/mol. The van der Waals surface area contributed by atoms with Crippen LogP contribution in [0.25, 0.3) is 76.8 Å². The molecular formula is C56H42N2. The molecule has 0 spiro atoms. The van der Waals surface area contributed by atoms with Crippen molar-refractivity contribution < 1.29 is 0 Å². The third kappa shape index (κ3) is 6.45. The highest BCUT2D eigenvalue weighted by Crippen LogP contribution is 2.45. The van der Waals surface area contributed by atoms with Gasteiger partial charge in [-0.05, 0) is 137 Å². The first-order valence-corrected chi connectivity index (χ1v) is 20.0. The van der Waals surface area contributed by atoms with Crippen LogP contribution in [-0.2, 0) is 0 Å². The van der Waals surface area contributed by atoms with E-state index in [0.29, 0.717) is 0 Å². The van der Waals surface area contributed by atoms with Crippen LogP contribution in [0.4, 0.5) is 22.7 Å². The van der Waals surface area contributed by atoms with Crippen LogP contribution in [-0.4, -0.2) is 14.1 Å². The Hall–Kier alpha value is -7.42. The normalized spacial score (nSPS) is 11.3. The van der Waals surface area contributed by atoms with Crippen molar-refractivity contribution in [1.82, 2.24) is 0 Å². The van der Waals surface area contributed by atoms with Crippen LogP contribution in [0.2, 0.25) is 0 Å². The lowest BCUT2D eigenvalue weighted by Gasteiger charge is -2.20. The van der Waals surface area contributed by atoms with Crippen molar-refractivity contribution in [1.29, 1.82) is 0 Å². The van der Waals surface area contributed by atoms with E-state index >= 15 is 0 Å². The van der Waals surface area contributed by atoms with Gasteiger partial charge >= 0.3 is 0 Å². The summed E-state index contributed by atoms with van der Waals surface area (Å²) in [5, 5.41) is 7.51. The lowest BCUT2D eigenvalue weighted by atomic mass is 9.84. The molecule has 0 atom stereocenters. The summed E-state index contributed by atoms with van der Waals surface area (Å²) >= 11 is 0. The van der Waals surface area contributed by atoms with Crippen molar-refractivity contribution in [2.75, 3.05) is 23.9 Å². The summed E-state index contributed by atoms with van der Waals surface area (Å²) < 4.78 is 0. The number of nitrogens with zero attached hydrogens (tertiary/aromatic N) is 2. The van der Waals surface area contributed by atoms with Gasteiger partial charge < -0.3 is 9.80 Å². The van der Waals surface area contributed by atoms with Crippen LogP contribution in [0.3, 0.4) is 0 Å². The van der Waals surface area contributed by atoms with E-state index in [-0.39, 0.29) is 0 Å². The lowest BCUT2D eigenvalue weighted by Crippen LogP contribution is -2.08. The summed E-state index contributed by atoms with van der Waals surface area (Å²) in [6, 6.07) is 79.4. The highest BCUT2D eigenvalue weighted by molar-refractivity contribution is 6.23. The van der Waals surface area contributed by atoms with Crippen LogP contribution >= 0.6 is 0 Å². The van der Waals surface area contributed by atoms with Gasteiger partial charge in [0.15, 0.2) is 0 Å². The zero-order valence-corrected chi connectivity index (χ0v) is 32.7. The molecule has 0 radical (unpaired) electrons. The fraction of sp³-hybridized carbons (Fsp3) is 0.0357. The molecule has 2 heteroatoms. The van der Waals surface area contributed by atoms with Crippen LogP contribution in [0, 0.1) is 0 Å². The molecule has 10 rings (SSSR count). The molecule has 10 aromatic rings. The van der Waals surface area contributed by atoms with Crippen LogP contribution in [0.1, 0.15) is 0 Å². The SMILES string of the molecule is CN(c1ccccc1)c1ccc(-c2ccc(-c3c4ccccc4c(-c4ccc(-c5ccc(N(C)c6ccccc6)cc5)cc4)c4cc5ccccc5cc34)cc2)cc1. The molecule has 0 aliphatic rings. The Morgan fingerprint density at radius 3 is 0.879 bits per heavy atom. The summed E-state index contributed by atoms with van der Waals surface area (Å²) in [5.74, 6) is 0. The molecule has 0 unspecified atom stereocenters. The average Bonchev–Trinajstić information content (AvgIpc) is 3.30. The Kier molecular flexibility index (Phi) is 9.01. The van der Waals surface area contributed by atoms with Crippen molar-refractivity contribution in [3.8, 4) is 44.5 Å². The standard InChI is InChI=1S/C56H42N2/c1-57(47-15-5-3-6-16-47)49-33-29-41(30-34-49)39-21-25-43(26-22-39)55-51-19-11-12-20-52(51)56(54-38-46-14-10-9-13-45(46)37-53(54)55)44-27-23-40(24-28-44)42-31-35-50(36-32-42)58(2)48-17-7-4-8-18-48/h3-38H,1-2H3. The molecule has 0 aliphatic carbocycles. The maximum absolute atomic E-state index is 2.40. The fourth-order valence-corrected chi connectivity index (χ4v) is 8.50. The quantitative estimate of drug-likeness (QED) is 0.143. The van der Waals surface area contributed by atoms with Crippen molar-refractivity contribution in [2.24, 2.45) is 0 Å². The predicted octanol–water partition coefficient (Wildman–Crippen LogP) is 15.3. The van der Waals surface area contributed by atoms with E-state index in [1.165, 1.54) is 88.2 Å². The third-order valence-electron chi connectivity index (χ3n) is 11.7. The highest BCUT2D eigenvalue weighted by atomic mass is 15.1. The predicted molar refractivity (Wildman–Crippen MR) is 250 cm³/mol. The summed E-state index contributed by atoms with van der Waals surface area (Å²) in [4.78, 5) is 4.44. The van der Waals surface area contributed by atoms with E-state index in [0.717, 1.165) is 11.4 Å². The van der Waals surface area contributed by atoms with Crippen molar-refractivity contribution in [3.05, 3.63) is 218 Å². The van der Waals surface area contributed by atoms with Gasteiger partial charge in [-0.3, -0.25) is 0 Å². The van der Waals surface area contributed by atoms with E-state index in [4.69, 9.17) is 0 Å². The topological polar surface area (TPSA) is 6.48 Å². The molecule has 0 saturated carbocycles. The Morgan fingerprint density at radius 2 is 0.517 bits per heavy atom. The molecule has 276 valence electrons. The van der Waals surface area contributed by atoms with Crippen LogP contribution in [0.15, 0.2) is 218 Å². The van der Waals surface area contributed by atoms with E-state index in [1.54, 1.807) is 0 Å². The molecule has 10 aromatic carbocycles. The number of rotatable bonds is 8. The van der Waals surface area contributed by atoms with E-state index in [1.807, 2.05) is 0 Å². The molecule has 0 aromatic heterocycles. The van der Waals surface area contributed by atoms with Gasteiger partial charge in [0.05, 0.1) is 0 Å². The summed E-state index contributed by atoms with van der Waals surface area (Å²) in [5.41, 5.74) is 14.4. The van der Waals surface area contributed by atoms with Gasteiger partial charge in [-0.15, -0.1) is 0 Å². The molecule has 0 bridgehead atoms. The van der Waals surface area contributed by atoms with Gasteiger partial charge in [0.25, 0.3) is 0 Å². The first kappa shape index (κ1) is 35.0. The maximum Gasteiger partial charge on any atom is 0.0408 e. The minimum absolute atomic E-state index is 1.16. The first-order valence-electron chi connectivity index (χ1n) is 20.0. The van der Waals surface area contributed by atoms with E-state index in [9.17, 15) is 0 Å². The second-order valence-electron chi connectivity index (χ2n) is 15.1. The summed E-state index contributed by atoms with van der Waals surface area (Å²) in [6.45, 7) is 0. The second kappa shape index (κ2) is 14.9. The van der Waals surface area contributed by atoms with Gasteiger partial charge in [0.2, 0.25) is 0 Å². The van der Waals surface area contributed by atoms with Gasteiger partial charge in [-0.2, -0.15) is 0 Å².